The van der Waals surface area contributed by atoms with Crippen LogP contribution in [0.15, 0.2) is 18.2 Å². The van der Waals surface area contributed by atoms with Gasteiger partial charge in [-0.2, -0.15) is 0 Å². The quantitative estimate of drug-likeness (QED) is 0.718. The number of carboxylic acid groups (broad SMARTS) is 2. The summed E-state index contributed by atoms with van der Waals surface area (Å²) < 4.78 is 24.4. The SMILES string of the molecule is COc1cc(F)ccc1CN1C[C@@H]2COC[C@H](C1)N(CC(=O)O)C2.O=CO. The lowest BCUT2D eigenvalue weighted by Gasteiger charge is -2.30. The molecule has 0 aliphatic carbocycles. The summed E-state index contributed by atoms with van der Waals surface area (Å²) in [5.41, 5.74) is 0.935. The summed E-state index contributed by atoms with van der Waals surface area (Å²) in [7, 11) is 1.54. The molecule has 1 aromatic carbocycles. The molecule has 2 bridgehead atoms. The number of hydrogen-bond donors (Lipinski definition) is 2. The summed E-state index contributed by atoms with van der Waals surface area (Å²) in [6.45, 7) is 3.91. The topological polar surface area (TPSA) is 99.5 Å². The molecule has 2 aliphatic heterocycles. The number of nitrogens with zero attached hydrogens (tertiary/aromatic N) is 2. The zero-order valence-corrected chi connectivity index (χ0v) is 15.2. The van der Waals surface area contributed by atoms with Gasteiger partial charge in [0.1, 0.15) is 11.6 Å². The van der Waals surface area contributed by atoms with E-state index in [1.54, 1.807) is 6.07 Å². The fourth-order valence-corrected chi connectivity index (χ4v) is 3.61. The van der Waals surface area contributed by atoms with Crippen molar-refractivity contribution in [1.29, 1.82) is 0 Å². The van der Waals surface area contributed by atoms with Gasteiger partial charge in [-0.15, -0.1) is 0 Å². The first-order valence-corrected chi connectivity index (χ1v) is 8.63. The van der Waals surface area contributed by atoms with E-state index < -0.39 is 5.97 Å². The molecule has 2 N–H and O–H groups in total. The molecule has 0 unspecified atom stereocenters. The van der Waals surface area contributed by atoms with Gasteiger partial charge >= 0.3 is 5.97 Å². The molecule has 3 rings (SSSR count). The third kappa shape index (κ3) is 6.16. The van der Waals surface area contributed by atoms with Crippen molar-refractivity contribution in [1.82, 2.24) is 9.80 Å². The normalized spacial score (nSPS) is 22.9. The van der Waals surface area contributed by atoms with Crippen molar-refractivity contribution in [3.05, 3.63) is 29.6 Å². The van der Waals surface area contributed by atoms with Gasteiger partial charge in [0.05, 0.1) is 26.9 Å². The highest BCUT2D eigenvalue weighted by atomic mass is 19.1. The Morgan fingerprint density at radius 3 is 2.78 bits per heavy atom. The summed E-state index contributed by atoms with van der Waals surface area (Å²) >= 11 is 0. The summed E-state index contributed by atoms with van der Waals surface area (Å²) in [5.74, 6) is -0.315. The Balaban J connectivity index is 0.000000817. The molecular weight excluding hydrogens is 359 g/mol. The number of benzene rings is 1. The standard InChI is InChI=1S/C17H23FN2O4.CH2O2/c1-23-16-4-14(18)3-2-13(16)7-19-5-12-6-20(9-17(21)22)15(8-19)11-24-10-12;2-1-3/h2-4,12,15H,5-11H2,1H3,(H,21,22);1H,(H,2,3)/t12-,15-;/m0./s1. The average molecular weight is 384 g/mol. The fraction of sp³-hybridized carbons (Fsp3) is 0.556. The van der Waals surface area contributed by atoms with Crippen LogP contribution in [-0.4, -0.2) is 85.0 Å². The van der Waals surface area contributed by atoms with Crippen LogP contribution in [0.3, 0.4) is 0 Å². The molecule has 2 saturated heterocycles. The minimum absolute atomic E-state index is 0.0399. The zero-order chi connectivity index (χ0) is 19.8. The van der Waals surface area contributed by atoms with Crippen LogP contribution in [0.5, 0.6) is 5.75 Å². The summed E-state index contributed by atoms with van der Waals surface area (Å²) in [4.78, 5) is 23.8. The smallest absolute Gasteiger partial charge is 0.317 e. The summed E-state index contributed by atoms with van der Waals surface area (Å²) in [6.07, 6.45) is 0. The van der Waals surface area contributed by atoms with Gasteiger partial charge in [-0.05, 0) is 6.07 Å². The van der Waals surface area contributed by atoms with Gasteiger partial charge in [-0.1, -0.05) is 6.07 Å². The number of carbonyl (C=O) groups is 2. The van der Waals surface area contributed by atoms with E-state index in [0.29, 0.717) is 25.5 Å². The van der Waals surface area contributed by atoms with Crippen LogP contribution in [0, 0.1) is 11.7 Å². The number of ether oxygens (including phenoxy) is 2. The number of halogens is 1. The maximum Gasteiger partial charge on any atom is 0.317 e. The molecule has 0 spiro atoms. The second-order valence-electron chi connectivity index (χ2n) is 6.64. The highest BCUT2D eigenvalue weighted by Crippen LogP contribution is 2.25. The van der Waals surface area contributed by atoms with Crippen molar-refractivity contribution < 1.29 is 33.7 Å². The fourth-order valence-electron chi connectivity index (χ4n) is 3.61. The number of hydrogen-bond acceptors (Lipinski definition) is 6. The van der Waals surface area contributed by atoms with Crippen LogP contribution in [0.2, 0.25) is 0 Å². The number of fused-ring (bicyclic) bond motifs is 3. The lowest BCUT2D eigenvalue weighted by atomic mass is 10.1. The molecule has 9 heteroatoms. The minimum atomic E-state index is -0.811. The highest BCUT2D eigenvalue weighted by Gasteiger charge is 2.34. The second kappa shape index (κ2) is 10.2. The Morgan fingerprint density at radius 1 is 1.37 bits per heavy atom. The van der Waals surface area contributed by atoms with E-state index in [1.807, 2.05) is 4.90 Å². The molecule has 2 aliphatic rings. The molecule has 2 fully saturated rings. The maximum atomic E-state index is 13.4. The first-order chi connectivity index (χ1) is 13.0. The Labute approximate surface area is 157 Å². The third-order valence-electron chi connectivity index (χ3n) is 4.64. The van der Waals surface area contributed by atoms with Crippen molar-refractivity contribution in [2.75, 3.05) is 46.5 Å². The first-order valence-electron chi connectivity index (χ1n) is 8.63. The second-order valence-corrected chi connectivity index (χ2v) is 6.64. The van der Waals surface area contributed by atoms with Gasteiger partial charge in [-0.3, -0.25) is 19.4 Å². The molecule has 0 saturated carbocycles. The number of carboxylic acids is 1. The predicted octanol–water partition coefficient (Wildman–Crippen LogP) is 0.752. The van der Waals surface area contributed by atoms with E-state index in [4.69, 9.17) is 24.5 Å². The molecule has 0 radical (unpaired) electrons. The van der Waals surface area contributed by atoms with Crippen molar-refractivity contribution in [2.24, 2.45) is 5.92 Å². The minimum Gasteiger partial charge on any atom is -0.496 e. The van der Waals surface area contributed by atoms with Crippen LogP contribution < -0.4 is 4.74 Å². The third-order valence-corrected chi connectivity index (χ3v) is 4.64. The average Bonchev–Trinajstić information content (AvgIpc) is 2.86. The van der Waals surface area contributed by atoms with Gasteiger partial charge in [0.25, 0.3) is 6.47 Å². The molecule has 1 aromatic rings. The van der Waals surface area contributed by atoms with Crippen LogP contribution in [0.1, 0.15) is 5.56 Å². The van der Waals surface area contributed by atoms with Crippen molar-refractivity contribution in [2.45, 2.75) is 12.6 Å². The summed E-state index contributed by atoms with van der Waals surface area (Å²) in [6, 6.07) is 4.64. The van der Waals surface area contributed by atoms with E-state index in [0.717, 1.165) is 25.2 Å². The van der Waals surface area contributed by atoms with Crippen molar-refractivity contribution >= 4 is 12.4 Å². The predicted molar refractivity (Wildman–Crippen MR) is 94.2 cm³/mol. The van der Waals surface area contributed by atoms with E-state index >= 15 is 0 Å². The number of methoxy groups -OCH3 is 1. The van der Waals surface area contributed by atoms with Crippen molar-refractivity contribution in [3.8, 4) is 5.75 Å². The molecule has 0 amide bonds. The van der Waals surface area contributed by atoms with Crippen LogP contribution >= 0.6 is 0 Å². The molecule has 8 nitrogen and oxygen atoms in total. The van der Waals surface area contributed by atoms with Crippen molar-refractivity contribution in [3.63, 3.8) is 0 Å². The van der Waals surface area contributed by atoms with Crippen LogP contribution in [0.25, 0.3) is 0 Å². The maximum absolute atomic E-state index is 13.4. The van der Waals surface area contributed by atoms with Gasteiger partial charge in [0.2, 0.25) is 0 Å². The molecule has 27 heavy (non-hydrogen) atoms. The van der Waals surface area contributed by atoms with Crippen LogP contribution in [0.4, 0.5) is 4.39 Å². The van der Waals surface area contributed by atoms with E-state index in [-0.39, 0.29) is 30.8 Å². The summed E-state index contributed by atoms with van der Waals surface area (Å²) in [5, 5.41) is 16.0. The monoisotopic (exact) mass is 384 g/mol. The van der Waals surface area contributed by atoms with Gasteiger partial charge in [-0.25, -0.2) is 4.39 Å². The largest absolute Gasteiger partial charge is 0.496 e. The Kier molecular flexibility index (Phi) is 7.96. The van der Waals surface area contributed by atoms with E-state index in [9.17, 15) is 9.18 Å². The lowest BCUT2D eigenvalue weighted by molar-refractivity contribution is -0.139. The Bertz CT molecular complexity index is 644. The molecule has 0 aromatic heterocycles. The molecule has 2 heterocycles. The van der Waals surface area contributed by atoms with E-state index in [2.05, 4.69) is 4.90 Å². The number of rotatable bonds is 5. The lowest BCUT2D eigenvalue weighted by Crippen LogP contribution is -2.45. The molecule has 2 atom stereocenters. The number of aliphatic carboxylic acids is 1. The molecular formula is C18H25FN2O6. The first kappa shape index (κ1) is 21.1. The Morgan fingerprint density at radius 2 is 2.11 bits per heavy atom. The highest BCUT2D eigenvalue weighted by molar-refractivity contribution is 5.69. The van der Waals surface area contributed by atoms with Gasteiger partial charge in [0.15, 0.2) is 0 Å². The van der Waals surface area contributed by atoms with Crippen LogP contribution in [-0.2, 0) is 20.9 Å². The van der Waals surface area contributed by atoms with Gasteiger partial charge in [0, 0.05) is 49.8 Å². The van der Waals surface area contributed by atoms with Gasteiger partial charge < -0.3 is 19.7 Å². The van der Waals surface area contributed by atoms with E-state index in [1.165, 1.54) is 19.2 Å². The zero-order valence-electron chi connectivity index (χ0n) is 15.2. The molecule has 150 valence electrons. The Hall–Kier alpha value is -2.23.